The molecule has 1 aromatic heterocycles. The maximum absolute atomic E-state index is 13.2. The summed E-state index contributed by atoms with van der Waals surface area (Å²) in [5.41, 5.74) is 9.16. The molecular formula is C27H42N6O4. The molecule has 0 saturated carbocycles. The van der Waals surface area contributed by atoms with Gasteiger partial charge < -0.3 is 31.6 Å². The number of aromatic nitrogens is 2. The van der Waals surface area contributed by atoms with Gasteiger partial charge in [-0.05, 0) is 18.9 Å². The first-order chi connectivity index (χ1) is 17.6. The second-order valence-electron chi connectivity index (χ2n) is 9.38. The molecule has 1 saturated heterocycles. The second-order valence-corrected chi connectivity index (χ2v) is 9.38. The van der Waals surface area contributed by atoms with Gasteiger partial charge in [0.05, 0.1) is 24.4 Å². The summed E-state index contributed by atoms with van der Waals surface area (Å²) in [7, 11) is 0. The Hall–Kier alpha value is -3.24. The SMILES string of the molecule is CC.CCn1nccc1-c1ccc(C(CO)NC(=O)C2CC(O)CN2C(=O)C(C)C(C)C)c(N)c1C=N. The number of nitrogen functional groups attached to an aromatic ring is 1. The first kappa shape index (κ1) is 30.0. The van der Waals surface area contributed by atoms with Crippen molar-refractivity contribution in [2.75, 3.05) is 18.9 Å². The molecule has 10 heteroatoms. The largest absolute Gasteiger partial charge is 0.398 e. The number of carbonyl (C=O) groups is 2. The number of β-amino-alcohol motifs (C(OH)–C–C–N with tert-alkyl or cyclic N) is 1. The monoisotopic (exact) mass is 514 g/mol. The van der Waals surface area contributed by atoms with Gasteiger partial charge in [0.2, 0.25) is 11.8 Å². The van der Waals surface area contributed by atoms with E-state index in [9.17, 15) is 19.8 Å². The molecule has 4 atom stereocenters. The van der Waals surface area contributed by atoms with Gasteiger partial charge in [-0.15, -0.1) is 0 Å². The van der Waals surface area contributed by atoms with Crippen molar-refractivity contribution < 1.29 is 19.8 Å². The summed E-state index contributed by atoms with van der Waals surface area (Å²) in [5.74, 6) is -0.844. The smallest absolute Gasteiger partial charge is 0.243 e. The summed E-state index contributed by atoms with van der Waals surface area (Å²) in [5, 5.41) is 35.3. The number of nitrogens with two attached hydrogens (primary N) is 1. The number of hydrogen-bond donors (Lipinski definition) is 5. The van der Waals surface area contributed by atoms with Crippen molar-refractivity contribution in [1.29, 1.82) is 5.41 Å². The quantitative estimate of drug-likeness (QED) is 0.256. The molecule has 0 aliphatic carbocycles. The van der Waals surface area contributed by atoms with Crippen LogP contribution in [0.25, 0.3) is 11.3 Å². The predicted octanol–water partition coefficient (Wildman–Crippen LogP) is 2.58. The standard InChI is InChI=1S/C25H36N6O4.C2H6/c1-5-31-21(8-9-28-31)17-6-7-18(23(27)19(17)11-26)20(13-32)29-24(34)22-10-16(33)12-30(22)25(35)15(4)14(2)3;1-2/h6-9,11,14-16,20,22,26,32-33H,5,10,12-13,27H2,1-4H3,(H,29,34);1-2H3. The number of likely N-dealkylation sites (tertiary alicyclic amines) is 1. The molecule has 2 aromatic rings. The molecule has 1 aliphatic rings. The lowest BCUT2D eigenvalue weighted by Gasteiger charge is -2.29. The highest BCUT2D eigenvalue weighted by atomic mass is 16.3. The Morgan fingerprint density at radius 2 is 1.95 bits per heavy atom. The number of nitrogens with zero attached hydrogens (tertiary/aromatic N) is 3. The van der Waals surface area contributed by atoms with Crippen LogP contribution in [0.15, 0.2) is 24.4 Å². The average molecular weight is 515 g/mol. The summed E-state index contributed by atoms with van der Waals surface area (Å²) in [6.07, 6.45) is 2.16. The lowest BCUT2D eigenvalue weighted by atomic mass is 9.95. The summed E-state index contributed by atoms with van der Waals surface area (Å²) in [6.45, 7) is 12.0. The molecule has 2 amide bonds. The van der Waals surface area contributed by atoms with Crippen LogP contribution < -0.4 is 11.1 Å². The molecule has 6 N–H and O–H groups in total. The topological polar surface area (TPSA) is 158 Å². The van der Waals surface area contributed by atoms with E-state index in [0.717, 1.165) is 17.5 Å². The third-order valence-corrected chi connectivity index (χ3v) is 6.89. The Balaban J connectivity index is 0.00000235. The van der Waals surface area contributed by atoms with Crippen LogP contribution in [-0.4, -0.2) is 68.2 Å². The minimum absolute atomic E-state index is 0.0935. The van der Waals surface area contributed by atoms with E-state index >= 15 is 0 Å². The number of rotatable bonds is 9. The van der Waals surface area contributed by atoms with Crippen LogP contribution in [0.5, 0.6) is 0 Å². The Labute approximate surface area is 219 Å². The minimum atomic E-state index is -0.844. The van der Waals surface area contributed by atoms with Gasteiger partial charge in [-0.2, -0.15) is 5.10 Å². The summed E-state index contributed by atoms with van der Waals surface area (Å²) < 4.78 is 1.79. The molecule has 1 fully saturated rings. The van der Waals surface area contributed by atoms with E-state index in [2.05, 4.69) is 10.4 Å². The third kappa shape index (κ3) is 6.37. The fourth-order valence-electron chi connectivity index (χ4n) is 4.49. The summed E-state index contributed by atoms with van der Waals surface area (Å²) in [6, 6.07) is 3.67. The maximum Gasteiger partial charge on any atom is 0.243 e. The number of aliphatic hydroxyl groups is 2. The Bertz CT molecular complexity index is 1080. The lowest BCUT2D eigenvalue weighted by molar-refractivity contribution is -0.142. The van der Waals surface area contributed by atoms with E-state index in [0.29, 0.717) is 17.7 Å². The van der Waals surface area contributed by atoms with Crippen molar-refractivity contribution in [3.63, 3.8) is 0 Å². The van der Waals surface area contributed by atoms with Gasteiger partial charge in [0.1, 0.15) is 6.04 Å². The van der Waals surface area contributed by atoms with Crippen molar-refractivity contribution in [1.82, 2.24) is 20.0 Å². The molecule has 4 unspecified atom stereocenters. The summed E-state index contributed by atoms with van der Waals surface area (Å²) >= 11 is 0. The van der Waals surface area contributed by atoms with Crippen LogP contribution in [0.1, 0.15) is 65.1 Å². The second kappa shape index (κ2) is 13.3. The number of aryl methyl sites for hydroxylation is 1. The Morgan fingerprint density at radius 3 is 2.51 bits per heavy atom. The molecule has 1 aromatic carbocycles. The maximum atomic E-state index is 13.2. The van der Waals surface area contributed by atoms with Crippen LogP contribution in [0.4, 0.5) is 5.69 Å². The van der Waals surface area contributed by atoms with Crippen LogP contribution in [0.2, 0.25) is 0 Å². The zero-order valence-electron chi connectivity index (χ0n) is 22.7. The van der Waals surface area contributed by atoms with E-state index < -0.39 is 30.7 Å². The van der Waals surface area contributed by atoms with Gasteiger partial charge in [-0.1, -0.05) is 46.8 Å². The fourth-order valence-corrected chi connectivity index (χ4v) is 4.49. The normalized spacial score (nSPS) is 18.7. The van der Waals surface area contributed by atoms with E-state index in [1.807, 2.05) is 47.6 Å². The van der Waals surface area contributed by atoms with Crippen molar-refractivity contribution in [2.24, 2.45) is 11.8 Å². The number of aliphatic hydroxyl groups excluding tert-OH is 2. The van der Waals surface area contributed by atoms with Gasteiger partial charge in [-0.3, -0.25) is 14.3 Å². The zero-order chi connectivity index (χ0) is 27.9. The van der Waals surface area contributed by atoms with Crippen LogP contribution in [0, 0.1) is 17.2 Å². The predicted molar refractivity (Wildman–Crippen MR) is 145 cm³/mol. The lowest BCUT2D eigenvalue weighted by Crippen LogP contribution is -2.49. The van der Waals surface area contributed by atoms with Gasteiger partial charge in [0.25, 0.3) is 0 Å². The molecule has 37 heavy (non-hydrogen) atoms. The molecule has 0 radical (unpaired) electrons. The number of anilines is 1. The van der Waals surface area contributed by atoms with Crippen LogP contribution in [-0.2, 0) is 16.1 Å². The minimum Gasteiger partial charge on any atom is -0.398 e. The molecule has 204 valence electrons. The van der Waals surface area contributed by atoms with Gasteiger partial charge in [0.15, 0.2) is 0 Å². The van der Waals surface area contributed by atoms with Crippen molar-refractivity contribution in [2.45, 2.75) is 72.7 Å². The highest BCUT2D eigenvalue weighted by Gasteiger charge is 2.41. The van der Waals surface area contributed by atoms with E-state index in [1.165, 1.54) is 4.90 Å². The van der Waals surface area contributed by atoms with Crippen LogP contribution in [0.3, 0.4) is 0 Å². The molecule has 10 nitrogen and oxygen atoms in total. The van der Waals surface area contributed by atoms with Gasteiger partial charge in [-0.25, -0.2) is 0 Å². The van der Waals surface area contributed by atoms with E-state index in [1.54, 1.807) is 23.0 Å². The summed E-state index contributed by atoms with van der Waals surface area (Å²) in [4.78, 5) is 27.6. The number of nitrogens with one attached hydrogen (secondary N) is 2. The Morgan fingerprint density at radius 1 is 1.27 bits per heavy atom. The van der Waals surface area contributed by atoms with Crippen molar-refractivity contribution in [3.05, 3.63) is 35.5 Å². The average Bonchev–Trinajstić information content (AvgIpc) is 3.53. The van der Waals surface area contributed by atoms with E-state index in [4.69, 9.17) is 11.1 Å². The number of carbonyl (C=O) groups excluding carboxylic acids is 2. The molecule has 3 rings (SSSR count). The number of amides is 2. The van der Waals surface area contributed by atoms with Gasteiger partial charge in [0, 0.05) is 60.2 Å². The molecule has 2 heterocycles. The van der Waals surface area contributed by atoms with Crippen molar-refractivity contribution in [3.8, 4) is 11.3 Å². The third-order valence-electron chi connectivity index (χ3n) is 6.89. The zero-order valence-corrected chi connectivity index (χ0v) is 22.7. The first-order valence-electron chi connectivity index (χ1n) is 13.0. The fraction of sp³-hybridized carbons (Fsp3) is 0.556. The molecule has 0 bridgehead atoms. The Kier molecular flexibility index (Phi) is 10.8. The highest BCUT2D eigenvalue weighted by Crippen LogP contribution is 2.32. The van der Waals surface area contributed by atoms with Crippen LogP contribution >= 0.6 is 0 Å². The van der Waals surface area contributed by atoms with Gasteiger partial charge >= 0.3 is 0 Å². The molecule has 1 aliphatic heterocycles. The van der Waals surface area contributed by atoms with Crippen molar-refractivity contribution >= 4 is 23.7 Å². The van der Waals surface area contributed by atoms with E-state index in [-0.39, 0.29) is 36.4 Å². The molecular weight excluding hydrogens is 472 g/mol. The number of hydrogen-bond acceptors (Lipinski definition) is 7. The first-order valence-corrected chi connectivity index (χ1v) is 13.0. The number of benzene rings is 1. The highest BCUT2D eigenvalue weighted by molar-refractivity contribution is 5.96. The molecule has 0 spiro atoms.